The molecule has 1 amide bonds. The third kappa shape index (κ3) is 6.33. The maximum absolute atomic E-state index is 11.5. The zero-order valence-corrected chi connectivity index (χ0v) is 12.0. The minimum atomic E-state index is -1.01. The number of hydrogen-bond acceptors (Lipinski definition) is 3. The van der Waals surface area contributed by atoms with Crippen molar-refractivity contribution in [1.29, 1.82) is 0 Å². The largest absolute Gasteiger partial charge is 0.480 e. The lowest BCUT2D eigenvalue weighted by Gasteiger charge is -2.16. The number of nitrogens with one attached hydrogen (secondary N) is 1. The van der Waals surface area contributed by atoms with Crippen molar-refractivity contribution in [2.45, 2.75) is 32.4 Å². The molecule has 0 saturated heterocycles. The van der Waals surface area contributed by atoms with Gasteiger partial charge in [-0.3, -0.25) is 9.59 Å². The zero-order valence-electron chi connectivity index (χ0n) is 12.0. The van der Waals surface area contributed by atoms with Crippen LogP contribution in [0.3, 0.4) is 0 Å². The van der Waals surface area contributed by atoms with Gasteiger partial charge < -0.3 is 15.3 Å². The van der Waals surface area contributed by atoms with Crippen LogP contribution in [0.4, 0.5) is 0 Å². The van der Waals surface area contributed by atoms with Crippen LogP contribution in [0.1, 0.15) is 25.3 Å². The fourth-order valence-corrected chi connectivity index (χ4v) is 1.86. The lowest BCUT2D eigenvalue weighted by molar-refractivity contribution is -0.141. The van der Waals surface area contributed by atoms with Gasteiger partial charge in [-0.05, 0) is 32.5 Å². The van der Waals surface area contributed by atoms with Crippen LogP contribution >= 0.6 is 0 Å². The van der Waals surface area contributed by atoms with Crippen LogP contribution in [-0.4, -0.2) is 41.5 Å². The molecule has 2 N–H and O–H groups in total. The van der Waals surface area contributed by atoms with Crippen molar-refractivity contribution >= 4 is 11.9 Å². The fourth-order valence-electron chi connectivity index (χ4n) is 1.86. The Labute approximate surface area is 119 Å². The van der Waals surface area contributed by atoms with E-state index in [2.05, 4.69) is 22.3 Å². The lowest BCUT2D eigenvalue weighted by Crippen LogP contribution is -2.38. The SMILES string of the molecule is CC(NC(=O)CCCN(C)Cc1ccccc1)C(=O)O. The maximum Gasteiger partial charge on any atom is 0.325 e. The summed E-state index contributed by atoms with van der Waals surface area (Å²) in [6.07, 6.45) is 1.05. The molecule has 0 saturated carbocycles. The first kappa shape index (κ1) is 16.2. The number of amides is 1. The molecule has 0 aromatic heterocycles. The van der Waals surface area contributed by atoms with Gasteiger partial charge in [0.1, 0.15) is 6.04 Å². The summed E-state index contributed by atoms with van der Waals surface area (Å²) in [4.78, 5) is 24.2. The molecule has 0 aliphatic carbocycles. The Morgan fingerprint density at radius 2 is 1.95 bits per heavy atom. The second-order valence-electron chi connectivity index (χ2n) is 4.95. The molecule has 0 spiro atoms. The van der Waals surface area contributed by atoms with Crippen molar-refractivity contribution in [3.05, 3.63) is 35.9 Å². The topological polar surface area (TPSA) is 69.6 Å². The average Bonchev–Trinajstić information content (AvgIpc) is 2.39. The Morgan fingerprint density at radius 1 is 1.30 bits per heavy atom. The number of nitrogens with zero attached hydrogens (tertiary/aromatic N) is 1. The van der Waals surface area contributed by atoms with Crippen LogP contribution < -0.4 is 5.32 Å². The van der Waals surface area contributed by atoms with Crippen LogP contribution in [0.5, 0.6) is 0 Å². The monoisotopic (exact) mass is 278 g/mol. The quantitative estimate of drug-likeness (QED) is 0.756. The zero-order chi connectivity index (χ0) is 15.0. The average molecular weight is 278 g/mol. The van der Waals surface area contributed by atoms with Gasteiger partial charge in [-0.1, -0.05) is 30.3 Å². The number of aliphatic carboxylic acids is 1. The van der Waals surface area contributed by atoms with E-state index in [-0.39, 0.29) is 5.91 Å². The summed E-state index contributed by atoms with van der Waals surface area (Å²) < 4.78 is 0. The number of rotatable bonds is 8. The molecule has 1 unspecified atom stereocenters. The molecule has 0 fully saturated rings. The molecule has 0 aliphatic rings. The van der Waals surface area contributed by atoms with Crippen molar-refractivity contribution in [2.24, 2.45) is 0 Å². The highest BCUT2D eigenvalue weighted by molar-refractivity contribution is 5.83. The summed E-state index contributed by atoms with van der Waals surface area (Å²) in [5.74, 6) is -1.23. The van der Waals surface area contributed by atoms with Gasteiger partial charge in [-0.2, -0.15) is 0 Å². The molecule has 0 bridgehead atoms. The first-order valence-corrected chi connectivity index (χ1v) is 6.73. The molecule has 1 aromatic rings. The molecule has 0 aliphatic heterocycles. The van der Waals surface area contributed by atoms with Crippen LogP contribution in [0.2, 0.25) is 0 Å². The minimum absolute atomic E-state index is 0.215. The van der Waals surface area contributed by atoms with Gasteiger partial charge in [0.15, 0.2) is 0 Å². The predicted octanol–water partition coefficient (Wildman–Crippen LogP) is 1.49. The molecular formula is C15H22N2O3. The highest BCUT2D eigenvalue weighted by Gasteiger charge is 2.13. The van der Waals surface area contributed by atoms with Crippen molar-refractivity contribution < 1.29 is 14.7 Å². The Kier molecular flexibility index (Phi) is 6.73. The van der Waals surface area contributed by atoms with E-state index in [1.807, 2.05) is 25.2 Å². The molecule has 5 nitrogen and oxygen atoms in total. The second-order valence-corrected chi connectivity index (χ2v) is 4.95. The van der Waals surface area contributed by atoms with Gasteiger partial charge in [0.2, 0.25) is 5.91 Å². The third-order valence-corrected chi connectivity index (χ3v) is 2.99. The van der Waals surface area contributed by atoms with Crippen molar-refractivity contribution in [3.8, 4) is 0 Å². The second kappa shape index (κ2) is 8.32. The third-order valence-electron chi connectivity index (χ3n) is 2.99. The van der Waals surface area contributed by atoms with Crippen LogP contribution in [0, 0.1) is 0 Å². The fraction of sp³-hybridized carbons (Fsp3) is 0.467. The smallest absolute Gasteiger partial charge is 0.325 e. The van der Waals surface area contributed by atoms with E-state index < -0.39 is 12.0 Å². The van der Waals surface area contributed by atoms with E-state index in [1.165, 1.54) is 12.5 Å². The Hall–Kier alpha value is -1.88. The Bertz CT molecular complexity index is 434. The molecule has 1 atom stereocenters. The van der Waals surface area contributed by atoms with Crippen LogP contribution in [-0.2, 0) is 16.1 Å². The standard InChI is InChI=1S/C15H22N2O3/c1-12(15(19)20)16-14(18)9-6-10-17(2)11-13-7-4-3-5-8-13/h3-5,7-8,12H,6,9-11H2,1-2H3,(H,16,18)(H,19,20). The molecule has 1 rings (SSSR count). The van der Waals surface area contributed by atoms with E-state index in [4.69, 9.17) is 5.11 Å². The van der Waals surface area contributed by atoms with Gasteiger partial charge in [0.25, 0.3) is 0 Å². The summed E-state index contributed by atoms with van der Waals surface area (Å²) in [6, 6.07) is 9.30. The highest BCUT2D eigenvalue weighted by Crippen LogP contribution is 2.03. The molecular weight excluding hydrogens is 256 g/mol. The number of carboxylic acid groups (broad SMARTS) is 1. The molecule has 0 heterocycles. The van der Waals surface area contributed by atoms with E-state index in [0.717, 1.165) is 13.1 Å². The first-order valence-electron chi connectivity index (χ1n) is 6.73. The van der Waals surface area contributed by atoms with Gasteiger partial charge in [0.05, 0.1) is 0 Å². The Morgan fingerprint density at radius 3 is 2.55 bits per heavy atom. The summed E-state index contributed by atoms with van der Waals surface area (Å²) >= 11 is 0. The maximum atomic E-state index is 11.5. The van der Waals surface area contributed by atoms with Crippen molar-refractivity contribution in [1.82, 2.24) is 10.2 Å². The molecule has 20 heavy (non-hydrogen) atoms. The first-order chi connectivity index (χ1) is 9.49. The molecule has 110 valence electrons. The molecule has 0 radical (unpaired) electrons. The number of carbonyl (C=O) groups is 2. The number of benzene rings is 1. The van der Waals surface area contributed by atoms with Gasteiger partial charge in [0, 0.05) is 13.0 Å². The Balaban J connectivity index is 2.20. The molecule has 5 heteroatoms. The van der Waals surface area contributed by atoms with E-state index in [9.17, 15) is 9.59 Å². The van der Waals surface area contributed by atoms with Crippen LogP contribution in [0.25, 0.3) is 0 Å². The summed E-state index contributed by atoms with van der Waals surface area (Å²) in [5, 5.41) is 11.1. The van der Waals surface area contributed by atoms with Gasteiger partial charge >= 0.3 is 5.97 Å². The van der Waals surface area contributed by atoms with Crippen LogP contribution in [0.15, 0.2) is 30.3 Å². The van der Waals surface area contributed by atoms with Crippen molar-refractivity contribution in [2.75, 3.05) is 13.6 Å². The number of hydrogen-bond donors (Lipinski definition) is 2. The summed E-state index contributed by atoms with van der Waals surface area (Å²) in [5.41, 5.74) is 1.24. The number of carboxylic acids is 1. The highest BCUT2D eigenvalue weighted by atomic mass is 16.4. The normalized spacial score (nSPS) is 12.2. The number of carbonyl (C=O) groups excluding carboxylic acids is 1. The molecule has 1 aromatic carbocycles. The predicted molar refractivity (Wildman–Crippen MR) is 77.3 cm³/mol. The summed E-state index contributed by atoms with van der Waals surface area (Å²) in [7, 11) is 2.00. The minimum Gasteiger partial charge on any atom is -0.480 e. The van der Waals surface area contributed by atoms with Crippen molar-refractivity contribution in [3.63, 3.8) is 0 Å². The summed E-state index contributed by atoms with van der Waals surface area (Å²) in [6.45, 7) is 3.10. The van der Waals surface area contributed by atoms with Gasteiger partial charge in [-0.15, -0.1) is 0 Å². The lowest BCUT2D eigenvalue weighted by atomic mass is 10.2. The van der Waals surface area contributed by atoms with E-state index in [1.54, 1.807) is 0 Å². The van der Waals surface area contributed by atoms with E-state index in [0.29, 0.717) is 12.8 Å². The van der Waals surface area contributed by atoms with Gasteiger partial charge in [-0.25, -0.2) is 0 Å². The van der Waals surface area contributed by atoms with E-state index >= 15 is 0 Å².